The first-order chi connectivity index (χ1) is 8.15. The molecule has 0 aliphatic carbocycles. The summed E-state index contributed by atoms with van der Waals surface area (Å²) in [7, 11) is 0. The second-order valence-electron chi connectivity index (χ2n) is 4.75. The van der Waals surface area contributed by atoms with E-state index in [4.69, 9.17) is 0 Å². The Morgan fingerprint density at radius 2 is 2.24 bits per heavy atom. The second kappa shape index (κ2) is 5.60. The van der Waals surface area contributed by atoms with Crippen molar-refractivity contribution >= 4 is 17.2 Å². The van der Waals surface area contributed by atoms with E-state index in [1.807, 2.05) is 15.8 Å². The summed E-state index contributed by atoms with van der Waals surface area (Å²) in [5, 5.41) is 5.44. The number of amides is 1. The van der Waals surface area contributed by atoms with Crippen LogP contribution >= 0.6 is 11.3 Å². The molecule has 1 aromatic rings. The molecule has 1 aromatic heterocycles. The Balaban J connectivity index is 1.83. The summed E-state index contributed by atoms with van der Waals surface area (Å²) in [4.78, 5) is 18.2. The molecular formula is C12H19N3OS. The zero-order chi connectivity index (χ0) is 12.3. The lowest BCUT2D eigenvalue weighted by Gasteiger charge is -2.36. The third kappa shape index (κ3) is 3.51. The van der Waals surface area contributed by atoms with Gasteiger partial charge in [-0.2, -0.15) is 0 Å². The Morgan fingerprint density at radius 1 is 1.53 bits per heavy atom. The van der Waals surface area contributed by atoms with Gasteiger partial charge >= 0.3 is 0 Å². The van der Waals surface area contributed by atoms with Gasteiger partial charge in [0.1, 0.15) is 0 Å². The van der Waals surface area contributed by atoms with E-state index in [0.29, 0.717) is 18.5 Å². The van der Waals surface area contributed by atoms with Crippen LogP contribution in [0.1, 0.15) is 26.0 Å². The molecule has 0 bridgehead atoms. The summed E-state index contributed by atoms with van der Waals surface area (Å²) in [6.07, 6.45) is 1.33. The fourth-order valence-electron chi connectivity index (χ4n) is 2.28. The predicted molar refractivity (Wildman–Crippen MR) is 69.1 cm³/mol. The summed E-state index contributed by atoms with van der Waals surface area (Å²) < 4.78 is 0. The molecule has 1 fully saturated rings. The normalized spacial score (nSPS) is 24.9. The fraction of sp³-hybridized carbons (Fsp3) is 0.667. The van der Waals surface area contributed by atoms with Crippen molar-refractivity contribution in [1.82, 2.24) is 15.2 Å². The molecule has 1 N–H and O–H groups in total. The zero-order valence-corrected chi connectivity index (χ0v) is 11.2. The number of carbonyl (C=O) groups is 1. The van der Waals surface area contributed by atoms with Crippen molar-refractivity contribution in [2.75, 3.05) is 13.1 Å². The van der Waals surface area contributed by atoms with E-state index < -0.39 is 0 Å². The molecular weight excluding hydrogens is 234 g/mol. The van der Waals surface area contributed by atoms with Crippen molar-refractivity contribution in [1.29, 1.82) is 0 Å². The van der Waals surface area contributed by atoms with Gasteiger partial charge in [-0.3, -0.25) is 4.79 Å². The largest absolute Gasteiger partial charge is 0.340 e. The molecule has 5 heteroatoms. The molecule has 2 heterocycles. The summed E-state index contributed by atoms with van der Waals surface area (Å²) in [6.45, 7) is 5.88. The number of carbonyl (C=O) groups excluding carboxylic acids is 1. The maximum absolute atomic E-state index is 12.1. The zero-order valence-electron chi connectivity index (χ0n) is 10.3. The summed E-state index contributed by atoms with van der Waals surface area (Å²) in [5.41, 5.74) is 2.84. The van der Waals surface area contributed by atoms with Crippen molar-refractivity contribution in [2.24, 2.45) is 0 Å². The van der Waals surface area contributed by atoms with E-state index in [2.05, 4.69) is 24.1 Å². The summed E-state index contributed by atoms with van der Waals surface area (Å²) in [6, 6.07) is 0.781. The quantitative estimate of drug-likeness (QED) is 0.883. The third-order valence-corrected chi connectivity index (χ3v) is 3.62. The van der Waals surface area contributed by atoms with Crippen LogP contribution in [0.5, 0.6) is 0 Å². The molecule has 0 unspecified atom stereocenters. The van der Waals surface area contributed by atoms with Gasteiger partial charge in [0.25, 0.3) is 0 Å². The van der Waals surface area contributed by atoms with Crippen LogP contribution in [0.2, 0.25) is 0 Å². The van der Waals surface area contributed by atoms with Gasteiger partial charge in [0.05, 0.1) is 11.2 Å². The van der Waals surface area contributed by atoms with Crippen LogP contribution in [0.15, 0.2) is 10.9 Å². The van der Waals surface area contributed by atoms with Gasteiger partial charge in [0.2, 0.25) is 5.91 Å². The first kappa shape index (κ1) is 12.5. The van der Waals surface area contributed by atoms with Gasteiger partial charge in [-0.05, 0) is 20.3 Å². The number of hydrogen-bond acceptors (Lipinski definition) is 4. The fourth-order valence-corrected chi connectivity index (χ4v) is 2.88. The van der Waals surface area contributed by atoms with Gasteiger partial charge in [0.15, 0.2) is 0 Å². The molecule has 1 amide bonds. The van der Waals surface area contributed by atoms with E-state index in [-0.39, 0.29) is 5.91 Å². The number of piperazine rings is 1. The summed E-state index contributed by atoms with van der Waals surface area (Å²) >= 11 is 1.58. The lowest BCUT2D eigenvalue weighted by atomic mass is 10.1. The van der Waals surface area contributed by atoms with E-state index >= 15 is 0 Å². The molecule has 94 valence electrons. The van der Waals surface area contributed by atoms with Crippen LogP contribution in [0.25, 0.3) is 0 Å². The Labute approximate surface area is 106 Å². The molecule has 0 spiro atoms. The predicted octanol–water partition coefficient (Wildman–Crippen LogP) is 1.28. The van der Waals surface area contributed by atoms with Crippen molar-refractivity contribution in [3.05, 3.63) is 16.6 Å². The number of thiazole rings is 1. The molecule has 0 saturated carbocycles. The highest BCUT2D eigenvalue weighted by molar-refractivity contribution is 7.07. The van der Waals surface area contributed by atoms with Crippen molar-refractivity contribution in [3.63, 3.8) is 0 Å². The highest BCUT2D eigenvalue weighted by Gasteiger charge is 2.24. The van der Waals surface area contributed by atoms with Crippen LogP contribution in [-0.4, -0.2) is 41.0 Å². The standard InChI is InChI=1S/C12H19N3OS/c1-9-5-15(6-10(2)14-9)12(16)4-3-11-7-17-8-13-11/h7-10,14H,3-6H2,1-2H3/t9-,10-/m0/s1. The van der Waals surface area contributed by atoms with Crippen molar-refractivity contribution in [3.8, 4) is 0 Å². The first-order valence-corrected chi connectivity index (χ1v) is 7.00. The van der Waals surface area contributed by atoms with E-state index in [0.717, 1.165) is 25.2 Å². The molecule has 2 atom stereocenters. The Morgan fingerprint density at radius 3 is 2.82 bits per heavy atom. The Hall–Kier alpha value is -0.940. The first-order valence-electron chi connectivity index (χ1n) is 6.06. The van der Waals surface area contributed by atoms with Crippen LogP contribution < -0.4 is 5.32 Å². The molecule has 2 rings (SSSR count). The van der Waals surface area contributed by atoms with E-state index in [1.165, 1.54) is 0 Å². The third-order valence-electron chi connectivity index (χ3n) is 2.99. The topological polar surface area (TPSA) is 45.2 Å². The molecule has 0 aromatic carbocycles. The minimum absolute atomic E-state index is 0.248. The monoisotopic (exact) mass is 253 g/mol. The van der Waals surface area contributed by atoms with Crippen molar-refractivity contribution in [2.45, 2.75) is 38.8 Å². The smallest absolute Gasteiger partial charge is 0.223 e. The molecule has 1 saturated heterocycles. The van der Waals surface area contributed by atoms with Gasteiger partial charge < -0.3 is 10.2 Å². The van der Waals surface area contributed by atoms with Crippen LogP contribution in [0, 0.1) is 0 Å². The van der Waals surface area contributed by atoms with E-state index in [9.17, 15) is 4.79 Å². The van der Waals surface area contributed by atoms with Gasteiger partial charge in [-0.15, -0.1) is 11.3 Å². The minimum Gasteiger partial charge on any atom is -0.340 e. The van der Waals surface area contributed by atoms with Crippen molar-refractivity contribution < 1.29 is 4.79 Å². The van der Waals surface area contributed by atoms with E-state index in [1.54, 1.807) is 11.3 Å². The molecule has 17 heavy (non-hydrogen) atoms. The molecule has 0 radical (unpaired) electrons. The number of aromatic nitrogens is 1. The van der Waals surface area contributed by atoms with Gasteiger partial charge in [0, 0.05) is 37.0 Å². The Bertz CT molecular complexity index is 356. The maximum atomic E-state index is 12.1. The van der Waals surface area contributed by atoms with Gasteiger partial charge in [-0.25, -0.2) is 4.98 Å². The molecule has 4 nitrogen and oxygen atoms in total. The number of rotatable bonds is 3. The molecule has 1 aliphatic heterocycles. The van der Waals surface area contributed by atoms with Crippen LogP contribution in [0.4, 0.5) is 0 Å². The Kier molecular flexibility index (Phi) is 4.12. The lowest BCUT2D eigenvalue weighted by molar-refractivity contribution is -0.132. The maximum Gasteiger partial charge on any atom is 0.223 e. The number of aryl methyl sites for hydroxylation is 1. The minimum atomic E-state index is 0.248. The van der Waals surface area contributed by atoms with Gasteiger partial charge in [-0.1, -0.05) is 0 Å². The van der Waals surface area contributed by atoms with Crippen LogP contribution in [-0.2, 0) is 11.2 Å². The highest BCUT2D eigenvalue weighted by Crippen LogP contribution is 2.09. The highest BCUT2D eigenvalue weighted by atomic mass is 32.1. The van der Waals surface area contributed by atoms with Crippen LogP contribution in [0.3, 0.4) is 0 Å². The molecule has 1 aliphatic rings. The SMILES string of the molecule is C[C@H]1CN(C(=O)CCc2cscn2)C[C@H](C)N1. The average molecular weight is 253 g/mol. The number of nitrogens with one attached hydrogen (secondary N) is 1. The number of nitrogens with zero attached hydrogens (tertiary/aromatic N) is 2. The average Bonchev–Trinajstić information content (AvgIpc) is 2.77. The summed E-state index contributed by atoms with van der Waals surface area (Å²) in [5.74, 6) is 0.248. The lowest BCUT2D eigenvalue weighted by Crippen LogP contribution is -2.55. The second-order valence-corrected chi connectivity index (χ2v) is 5.47. The number of hydrogen-bond donors (Lipinski definition) is 1.